The Morgan fingerprint density at radius 2 is 1.91 bits per heavy atom. The number of hydrogen-bond acceptors (Lipinski definition) is 7. The van der Waals surface area contributed by atoms with E-state index >= 15 is 0 Å². The van der Waals surface area contributed by atoms with Crippen molar-refractivity contribution in [1.29, 1.82) is 0 Å². The predicted octanol–water partition coefficient (Wildman–Crippen LogP) is 5.67. The molecule has 0 fully saturated rings. The minimum absolute atomic E-state index is 0.0413. The maximum atomic E-state index is 13.2. The van der Waals surface area contributed by atoms with Crippen LogP contribution in [-0.4, -0.2) is 35.9 Å². The summed E-state index contributed by atoms with van der Waals surface area (Å²) >= 11 is 2.92. The second-order valence-electron chi connectivity index (χ2n) is 7.51. The maximum absolute atomic E-state index is 13.2. The van der Waals surface area contributed by atoms with Gasteiger partial charge in [-0.25, -0.2) is 4.98 Å². The normalized spacial score (nSPS) is 11.2. The van der Waals surface area contributed by atoms with Crippen molar-refractivity contribution in [2.24, 2.45) is 0 Å². The van der Waals surface area contributed by atoms with Crippen LogP contribution >= 0.6 is 23.1 Å². The molecule has 5 rings (SSSR count). The Bertz CT molecular complexity index is 1410. The molecule has 33 heavy (non-hydrogen) atoms. The van der Waals surface area contributed by atoms with E-state index in [9.17, 15) is 4.79 Å². The summed E-state index contributed by atoms with van der Waals surface area (Å²) < 4.78 is 9.47. The van der Waals surface area contributed by atoms with Gasteiger partial charge in [0.25, 0.3) is 0 Å². The highest BCUT2D eigenvalue weighted by molar-refractivity contribution is 7.99. The van der Waals surface area contributed by atoms with Gasteiger partial charge in [-0.1, -0.05) is 30.0 Å². The van der Waals surface area contributed by atoms with E-state index in [2.05, 4.69) is 15.2 Å². The zero-order valence-corrected chi connectivity index (χ0v) is 20.0. The van der Waals surface area contributed by atoms with Crippen LogP contribution in [-0.2, 0) is 0 Å². The highest BCUT2D eigenvalue weighted by atomic mass is 32.2. The largest absolute Gasteiger partial charge is 0.469 e. The van der Waals surface area contributed by atoms with Gasteiger partial charge in [0.2, 0.25) is 0 Å². The molecule has 0 spiro atoms. The molecule has 0 amide bonds. The third-order valence-corrected chi connectivity index (χ3v) is 7.11. The van der Waals surface area contributed by atoms with Gasteiger partial charge in [0, 0.05) is 34.2 Å². The van der Waals surface area contributed by atoms with E-state index in [1.807, 2.05) is 77.8 Å². The highest BCUT2D eigenvalue weighted by Gasteiger charge is 2.22. The standard InChI is InChI=1S/C24H21N5O2S2/c1-15-13-20(16(2)28(15)23-25-10-12-32-23)21(30)14-33-24-27-26-22(19-9-11-31-17(19)3)29(24)18-7-5-4-6-8-18/h4-13H,14H2,1-3H3. The Morgan fingerprint density at radius 1 is 1.09 bits per heavy atom. The van der Waals surface area contributed by atoms with E-state index in [-0.39, 0.29) is 11.5 Å². The second kappa shape index (κ2) is 8.84. The van der Waals surface area contributed by atoms with Crippen LogP contribution in [0, 0.1) is 20.8 Å². The molecule has 0 atom stereocenters. The number of aryl methyl sites for hydroxylation is 2. The Kier molecular flexibility index (Phi) is 5.74. The molecule has 0 N–H and O–H groups in total. The van der Waals surface area contributed by atoms with E-state index in [1.54, 1.807) is 23.8 Å². The van der Waals surface area contributed by atoms with Crippen molar-refractivity contribution < 1.29 is 9.21 Å². The van der Waals surface area contributed by atoms with Crippen LogP contribution in [0.15, 0.2) is 69.9 Å². The van der Waals surface area contributed by atoms with Crippen molar-refractivity contribution in [2.75, 3.05) is 5.75 Å². The van der Waals surface area contributed by atoms with E-state index in [1.165, 1.54) is 11.8 Å². The number of hydrogen-bond donors (Lipinski definition) is 0. The lowest BCUT2D eigenvalue weighted by molar-refractivity contribution is 0.102. The molecule has 0 saturated heterocycles. The van der Waals surface area contributed by atoms with Gasteiger partial charge in [-0.05, 0) is 45.0 Å². The van der Waals surface area contributed by atoms with Crippen molar-refractivity contribution in [3.8, 4) is 22.2 Å². The van der Waals surface area contributed by atoms with Crippen LogP contribution in [0.5, 0.6) is 0 Å². The zero-order valence-electron chi connectivity index (χ0n) is 18.3. The number of aromatic nitrogens is 5. The topological polar surface area (TPSA) is 78.7 Å². The molecule has 0 radical (unpaired) electrons. The molecule has 0 bridgehead atoms. The lowest BCUT2D eigenvalue weighted by atomic mass is 10.2. The van der Waals surface area contributed by atoms with Crippen molar-refractivity contribution >= 4 is 28.9 Å². The van der Waals surface area contributed by atoms with Gasteiger partial charge in [0.1, 0.15) is 5.76 Å². The van der Waals surface area contributed by atoms with Gasteiger partial charge in [0.15, 0.2) is 21.9 Å². The molecular weight excluding hydrogens is 454 g/mol. The number of para-hydroxylation sites is 1. The fraction of sp³-hybridized carbons (Fsp3) is 0.167. The first-order valence-corrected chi connectivity index (χ1v) is 12.2. The summed E-state index contributed by atoms with van der Waals surface area (Å²) in [5.41, 5.74) is 4.38. The maximum Gasteiger partial charge on any atom is 0.196 e. The molecule has 4 heterocycles. The summed E-state index contributed by atoms with van der Waals surface area (Å²) in [5.74, 6) is 1.74. The SMILES string of the molecule is Cc1occc1-c1nnc(SCC(=O)c2cc(C)n(-c3nccs3)c2C)n1-c1ccccc1. The summed E-state index contributed by atoms with van der Waals surface area (Å²) in [6.07, 6.45) is 3.41. The molecule has 7 nitrogen and oxygen atoms in total. The summed E-state index contributed by atoms with van der Waals surface area (Å²) in [7, 11) is 0. The molecule has 0 aliphatic heterocycles. The van der Waals surface area contributed by atoms with E-state index < -0.39 is 0 Å². The number of Topliss-reactive ketones (excluding diaryl/α,β-unsaturated/α-hetero) is 1. The second-order valence-corrected chi connectivity index (χ2v) is 9.33. The quantitative estimate of drug-likeness (QED) is 0.223. The number of thiazole rings is 1. The van der Waals surface area contributed by atoms with Crippen molar-refractivity contribution in [2.45, 2.75) is 25.9 Å². The fourth-order valence-electron chi connectivity index (χ4n) is 3.84. The van der Waals surface area contributed by atoms with Gasteiger partial charge in [-0.3, -0.25) is 13.9 Å². The lowest BCUT2D eigenvalue weighted by Gasteiger charge is -2.10. The number of carbonyl (C=O) groups excluding carboxylic acids is 1. The first-order valence-electron chi connectivity index (χ1n) is 10.3. The first kappa shape index (κ1) is 21.4. The molecule has 0 aliphatic carbocycles. The van der Waals surface area contributed by atoms with Crippen LogP contribution in [0.1, 0.15) is 27.5 Å². The van der Waals surface area contributed by atoms with Gasteiger partial charge in [0.05, 0.1) is 17.6 Å². The molecule has 9 heteroatoms. The van der Waals surface area contributed by atoms with Gasteiger partial charge < -0.3 is 4.42 Å². The Morgan fingerprint density at radius 3 is 2.61 bits per heavy atom. The number of benzene rings is 1. The Balaban J connectivity index is 1.45. The van der Waals surface area contributed by atoms with E-state index in [4.69, 9.17) is 4.42 Å². The molecule has 5 aromatic rings. The number of furan rings is 1. The third kappa shape index (κ3) is 3.94. The third-order valence-electron chi connectivity index (χ3n) is 5.42. The average molecular weight is 476 g/mol. The van der Waals surface area contributed by atoms with Crippen LogP contribution < -0.4 is 0 Å². The molecule has 0 aliphatic rings. The number of ketones is 1. The fourth-order valence-corrected chi connectivity index (χ4v) is 5.43. The van der Waals surface area contributed by atoms with Gasteiger partial charge in [-0.2, -0.15) is 0 Å². The van der Waals surface area contributed by atoms with Crippen LogP contribution in [0.2, 0.25) is 0 Å². The monoisotopic (exact) mass is 475 g/mol. The zero-order chi connectivity index (χ0) is 22.9. The summed E-state index contributed by atoms with van der Waals surface area (Å²) in [5, 5.41) is 12.3. The van der Waals surface area contributed by atoms with Gasteiger partial charge >= 0.3 is 0 Å². The molecule has 0 unspecified atom stereocenters. The Labute approximate surface area is 199 Å². The summed E-state index contributed by atoms with van der Waals surface area (Å²) in [4.78, 5) is 17.6. The number of nitrogens with zero attached hydrogens (tertiary/aromatic N) is 5. The number of thioether (sulfide) groups is 1. The number of carbonyl (C=O) groups is 1. The molecular formula is C24H21N5O2S2. The van der Waals surface area contributed by atoms with E-state index in [0.29, 0.717) is 16.5 Å². The predicted molar refractivity (Wildman–Crippen MR) is 130 cm³/mol. The van der Waals surface area contributed by atoms with Crippen molar-refractivity contribution in [3.63, 3.8) is 0 Å². The average Bonchev–Trinajstić information content (AvgIpc) is 3.60. The molecule has 166 valence electrons. The lowest BCUT2D eigenvalue weighted by Crippen LogP contribution is -2.07. The van der Waals surface area contributed by atoms with Crippen molar-refractivity contribution in [1.82, 2.24) is 24.3 Å². The van der Waals surface area contributed by atoms with Crippen LogP contribution in [0.4, 0.5) is 0 Å². The summed E-state index contributed by atoms with van der Waals surface area (Å²) in [6.45, 7) is 5.84. The smallest absolute Gasteiger partial charge is 0.196 e. The first-order chi connectivity index (χ1) is 16.0. The molecule has 0 saturated carbocycles. The Hall–Kier alpha value is -3.43. The molecule has 1 aromatic carbocycles. The highest BCUT2D eigenvalue weighted by Crippen LogP contribution is 2.31. The van der Waals surface area contributed by atoms with Crippen molar-refractivity contribution in [3.05, 3.63) is 83.0 Å². The number of rotatable bonds is 7. The summed E-state index contributed by atoms with van der Waals surface area (Å²) in [6, 6.07) is 13.7. The van der Waals surface area contributed by atoms with Crippen LogP contribution in [0.25, 0.3) is 22.2 Å². The minimum Gasteiger partial charge on any atom is -0.469 e. The van der Waals surface area contributed by atoms with Gasteiger partial charge in [-0.15, -0.1) is 21.5 Å². The van der Waals surface area contributed by atoms with Crippen LogP contribution in [0.3, 0.4) is 0 Å². The minimum atomic E-state index is 0.0413. The molecule has 4 aromatic heterocycles. The van der Waals surface area contributed by atoms with E-state index in [0.717, 1.165) is 33.5 Å².